The van der Waals surface area contributed by atoms with E-state index in [2.05, 4.69) is 15.4 Å². The first kappa shape index (κ1) is 32.1. The Morgan fingerprint density at radius 3 is 2.24 bits per heavy atom. The van der Waals surface area contributed by atoms with E-state index in [1.165, 1.54) is 0 Å². The van der Waals surface area contributed by atoms with Crippen LogP contribution in [0, 0.1) is 17.7 Å². The van der Waals surface area contributed by atoms with Crippen LogP contribution in [0.2, 0.25) is 0 Å². The average molecular weight is 572 g/mol. The van der Waals surface area contributed by atoms with Gasteiger partial charge in [-0.15, -0.1) is 0 Å². The number of rotatable bonds is 11. The Morgan fingerprint density at radius 1 is 1.08 bits per heavy atom. The number of halogens is 1. The Bertz CT molecular complexity index is 1140. The predicted octanol–water partition coefficient (Wildman–Crippen LogP) is -2.68. The number of nitrogens with one attached hydrogen (secondary N) is 3. The summed E-state index contributed by atoms with van der Waals surface area (Å²) in [4.78, 5) is 25.0. The summed E-state index contributed by atoms with van der Waals surface area (Å²) in [5.74, 6) is -2.70. The van der Waals surface area contributed by atoms with E-state index < -0.39 is 61.2 Å². The van der Waals surface area contributed by atoms with Crippen molar-refractivity contribution in [2.75, 3.05) is 6.54 Å². The van der Waals surface area contributed by atoms with Gasteiger partial charge < -0.3 is 20.3 Å². The van der Waals surface area contributed by atoms with Gasteiger partial charge >= 0.3 is 29.6 Å². The third-order valence-electron chi connectivity index (χ3n) is 6.70. The molecule has 1 saturated carbocycles. The van der Waals surface area contributed by atoms with E-state index in [1.54, 1.807) is 0 Å². The first-order valence-electron chi connectivity index (χ1n) is 11.9. The molecule has 0 aromatic heterocycles. The molecule has 1 aromatic carbocycles. The maximum absolute atomic E-state index is 13.3. The Balaban J connectivity index is 0.00000481. The van der Waals surface area contributed by atoms with Gasteiger partial charge in [0.05, 0.1) is 10.9 Å². The van der Waals surface area contributed by atoms with Crippen molar-refractivity contribution in [2.45, 2.75) is 73.8 Å². The molecule has 2 aliphatic rings. The second kappa shape index (κ2) is 13.8. The van der Waals surface area contributed by atoms with Crippen LogP contribution < -0.4 is 44.9 Å². The molecule has 15 heteroatoms. The molecule has 0 radical (unpaired) electrons. The minimum atomic E-state index is -5.26. The molecule has 37 heavy (non-hydrogen) atoms. The summed E-state index contributed by atoms with van der Waals surface area (Å²) in [5.41, 5.74) is -2.53. The van der Waals surface area contributed by atoms with E-state index in [1.807, 2.05) is 0 Å². The van der Waals surface area contributed by atoms with Crippen LogP contribution in [0.15, 0.2) is 29.2 Å². The van der Waals surface area contributed by atoms with Crippen molar-refractivity contribution in [3.63, 3.8) is 0 Å². The fourth-order valence-corrected chi connectivity index (χ4v) is 6.53. The average Bonchev–Trinajstić information content (AvgIpc) is 3.22. The van der Waals surface area contributed by atoms with E-state index in [4.69, 9.17) is 0 Å². The van der Waals surface area contributed by atoms with Gasteiger partial charge in [-0.3, -0.25) is 9.59 Å². The summed E-state index contributed by atoms with van der Waals surface area (Å²) in [6, 6.07) is 1.03. The van der Waals surface area contributed by atoms with Crippen molar-refractivity contribution in [2.24, 2.45) is 11.8 Å². The van der Waals surface area contributed by atoms with Crippen molar-refractivity contribution >= 4 is 32.0 Å². The SMILES string of the molecule is O=C1NCC[C@H]1C[C@H](NC(=O)[C@H](CC1CCCCC1)NS(=O)(=O)c1ccc(F)cc1)C(O)S(=O)(=O)[O-].[Na+]. The van der Waals surface area contributed by atoms with Crippen LogP contribution in [0.4, 0.5) is 4.39 Å². The first-order valence-corrected chi connectivity index (χ1v) is 14.8. The molecular formula is C22H31FN3NaO8S2. The summed E-state index contributed by atoms with van der Waals surface area (Å²) in [5, 5.41) is 15.0. The maximum atomic E-state index is 13.3. The summed E-state index contributed by atoms with van der Waals surface area (Å²) >= 11 is 0. The van der Waals surface area contributed by atoms with Gasteiger partial charge in [0, 0.05) is 12.5 Å². The van der Waals surface area contributed by atoms with Gasteiger partial charge in [0.2, 0.25) is 21.8 Å². The first-order chi connectivity index (χ1) is 16.9. The van der Waals surface area contributed by atoms with Crippen molar-refractivity contribution < 1.29 is 70.0 Å². The van der Waals surface area contributed by atoms with Crippen LogP contribution in [-0.4, -0.2) is 62.4 Å². The number of carbonyl (C=O) groups is 2. The minimum absolute atomic E-state index is 0. The second-order valence-electron chi connectivity index (χ2n) is 9.38. The molecule has 1 unspecified atom stereocenters. The molecule has 3 rings (SSSR count). The molecule has 1 aliphatic carbocycles. The van der Waals surface area contributed by atoms with Gasteiger partial charge in [-0.1, -0.05) is 32.1 Å². The zero-order valence-corrected chi connectivity index (χ0v) is 24.2. The number of hydrogen-bond donors (Lipinski definition) is 4. The van der Waals surface area contributed by atoms with E-state index in [0.717, 1.165) is 56.4 Å². The second-order valence-corrected chi connectivity index (χ2v) is 12.6. The molecule has 2 fully saturated rings. The van der Waals surface area contributed by atoms with Crippen LogP contribution in [-0.2, 0) is 29.7 Å². The van der Waals surface area contributed by atoms with Gasteiger partial charge in [-0.2, -0.15) is 4.72 Å². The van der Waals surface area contributed by atoms with Crippen molar-refractivity contribution in [1.29, 1.82) is 0 Å². The largest absolute Gasteiger partial charge is 1.00 e. The van der Waals surface area contributed by atoms with Gasteiger partial charge in [0.1, 0.15) is 22.0 Å². The molecule has 202 valence electrons. The molecular weight excluding hydrogens is 540 g/mol. The summed E-state index contributed by atoms with van der Waals surface area (Å²) in [7, 11) is -9.53. The number of sulfonamides is 1. The molecule has 4 N–H and O–H groups in total. The van der Waals surface area contributed by atoms with E-state index in [-0.39, 0.29) is 53.2 Å². The summed E-state index contributed by atoms with van der Waals surface area (Å²) in [6.45, 7) is 0.326. The van der Waals surface area contributed by atoms with Gasteiger partial charge in [0.15, 0.2) is 5.44 Å². The normalized spacial score (nSPS) is 21.4. The van der Waals surface area contributed by atoms with Gasteiger partial charge in [-0.05, 0) is 49.4 Å². The molecule has 1 aromatic rings. The zero-order chi connectivity index (χ0) is 26.5. The number of aliphatic hydroxyl groups is 1. The summed E-state index contributed by atoms with van der Waals surface area (Å²) < 4.78 is 76.1. The Labute approximate surface area is 238 Å². The fraction of sp³-hybridized carbons (Fsp3) is 0.636. The predicted molar refractivity (Wildman–Crippen MR) is 125 cm³/mol. The monoisotopic (exact) mass is 571 g/mol. The van der Waals surface area contributed by atoms with Crippen LogP contribution in [0.1, 0.15) is 51.4 Å². The number of hydrogen-bond acceptors (Lipinski definition) is 8. The van der Waals surface area contributed by atoms with Crippen LogP contribution in [0.3, 0.4) is 0 Å². The van der Waals surface area contributed by atoms with Crippen LogP contribution in [0.25, 0.3) is 0 Å². The Hall–Kier alpha value is -1.13. The molecule has 1 aliphatic heterocycles. The molecule has 0 spiro atoms. The van der Waals surface area contributed by atoms with Gasteiger partial charge in [0.25, 0.3) is 0 Å². The fourth-order valence-electron chi connectivity index (χ4n) is 4.74. The molecule has 2 amide bonds. The summed E-state index contributed by atoms with van der Waals surface area (Å²) in [6.07, 6.45) is 4.49. The number of benzene rings is 1. The molecule has 0 bridgehead atoms. The number of aliphatic hydroxyl groups excluding tert-OH is 1. The van der Waals surface area contributed by atoms with Crippen molar-refractivity contribution in [1.82, 2.24) is 15.4 Å². The maximum Gasteiger partial charge on any atom is 1.00 e. The van der Waals surface area contributed by atoms with Gasteiger partial charge in [-0.25, -0.2) is 21.2 Å². The van der Waals surface area contributed by atoms with Crippen molar-refractivity contribution in [3.8, 4) is 0 Å². The van der Waals surface area contributed by atoms with E-state index >= 15 is 0 Å². The molecule has 1 heterocycles. The van der Waals surface area contributed by atoms with Crippen LogP contribution in [0.5, 0.6) is 0 Å². The molecule has 4 atom stereocenters. The van der Waals surface area contributed by atoms with Crippen molar-refractivity contribution in [3.05, 3.63) is 30.1 Å². The topological polar surface area (TPSA) is 182 Å². The molecule has 1 saturated heterocycles. The van der Waals surface area contributed by atoms with E-state index in [9.17, 15) is 40.5 Å². The number of carbonyl (C=O) groups excluding carboxylic acids is 2. The third-order valence-corrected chi connectivity index (χ3v) is 9.11. The van der Waals surface area contributed by atoms with Crippen LogP contribution >= 0.6 is 0 Å². The Kier molecular flexibility index (Phi) is 12.0. The Morgan fingerprint density at radius 2 is 1.70 bits per heavy atom. The quantitative estimate of drug-likeness (QED) is 0.164. The smallest absolute Gasteiger partial charge is 0.746 e. The molecule has 11 nitrogen and oxygen atoms in total. The standard InChI is InChI=1S/C22H32FN3O8S2.Na/c23-16-6-8-17(9-7-16)35(30,31)26-18(12-14-4-2-1-3-5-14)21(28)25-19(22(29)36(32,33)34)13-15-10-11-24-20(15)27;/h6-9,14-15,18-19,22,26,29H,1-5,10-13H2,(H,24,27)(H,25,28)(H,32,33,34);/q;+1/p-1/t15-,18-,19-,22?;/m0./s1. The minimum Gasteiger partial charge on any atom is -0.746 e. The zero-order valence-electron chi connectivity index (χ0n) is 20.6. The third kappa shape index (κ3) is 9.24. The van der Waals surface area contributed by atoms with E-state index in [0.29, 0.717) is 13.0 Å². The number of amides is 2.